The van der Waals surface area contributed by atoms with Crippen LogP contribution >= 0.6 is 0 Å². The maximum atomic E-state index is 6.52. The normalized spacial score (nSPS) is 21.7. The lowest BCUT2D eigenvalue weighted by Gasteiger charge is -2.47. The molecule has 0 bridgehead atoms. The van der Waals surface area contributed by atoms with Gasteiger partial charge in [0.2, 0.25) is 0 Å². The molecule has 1 unspecified atom stereocenters. The fourth-order valence-electron chi connectivity index (χ4n) is 3.11. The van der Waals surface area contributed by atoms with Gasteiger partial charge < -0.3 is 10.6 Å². The SMILES string of the molecule is CN(C)C1(C(N)c2cnn(C)c2)CCCCC1. The molecular weight excluding hydrogens is 212 g/mol. The smallest absolute Gasteiger partial charge is 0.0538 e. The van der Waals surface area contributed by atoms with Crippen LogP contribution in [0.15, 0.2) is 12.4 Å². The summed E-state index contributed by atoms with van der Waals surface area (Å²) in [6, 6.07) is 0.0616. The van der Waals surface area contributed by atoms with E-state index in [2.05, 4.69) is 24.1 Å². The Morgan fingerprint density at radius 3 is 2.47 bits per heavy atom. The summed E-state index contributed by atoms with van der Waals surface area (Å²) in [5.74, 6) is 0. The van der Waals surface area contributed by atoms with E-state index in [9.17, 15) is 0 Å². The molecule has 1 aromatic heterocycles. The van der Waals surface area contributed by atoms with Crippen LogP contribution in [0.1, 0.15) is 43.7 Å². The molecule has 1 aliphatic carbocycles. The maximum Gasteiger partial charge on any atom is 0.0538 e. The van der Waals surface area contributed by atoms with E-state index in [1.54, 1.807) is 0 Å². The Bertz CT molecular complexity index is 363. The van der Waals surface area contributed by atoms with Crippen LogP contribution in [0.4, 0.5) is 0 Å². The van der Waals surface area contributed by atoms with Crippen molar-refractivity contribution in [3.8, 4) is 0 Å². The Kier molecular flexibility index (Phi) is 3.54. The molecule has 0 spiro atoms. The van der Waals surface area contributed by atoms with Gasteiger partial charge >= 0.3 is 0 Å². The Morgan fingerprint density at radius 2 is 2.00 bits per heavy atom. The van der Waals surface area contributed by atoms with E-state index in [1.165, 1.54) is 32.1 Å². The predicted octanol–water partition coefficient (Wildman–Crippen LogP) is 1.68. The first-order valence-corrected chi connectivity index (χ1v) is 6.48. The van der Waals surface area contributed by atoms with Crippen molar-refractivity contribution in [2.45, 2.75) is 43.7 Å². The van der Waals surface area contributed by atoms with Crippen molar-refractivity contribution in [3.05, 3.63) is 18.0 Å². The third kappa shape index (κ3) is 2.24. The molecule has 1 saturated carbocycles. The van der Waals surface area contributed by atoms with Gasteiger partial charge in [0.05, 0.1) is 12.2 Å². The van der Waals surface area contributed by atoms with Crippen LogP contribution in [-0.2, 0) is 7.05 Å². The molecule has 1 heterocycles. The summed E-state index contributed by atoms with van der Waals surface area (Å²) in [7, 11) is 6.25. The van der Waals surface area contributed by atoms with Gasteiger partial charge in [-0.1, -0.05) is 19.3 Å². The second kappa shape index (κ2) is 4.78. The highest BCUT2D eigenvalue weighted by molar-refractivity contribution is 5.17. The number of hydrogen-bond donors (Lipinski definition) is 1. The molecule has 4 heteroatoms. The van der Waals surface area contributed by atoms with E-state index in [-0.39, 0.29) is 11.6 Å². The van der Waals surface area contributed by atoms with Gasteiger partial charge in [-0.15, -0.1) is 0 Å². The molecule has 0 saturated heterocycles. The monoisotopic (exact) mass is 236 g/mol. The number of rotatable bonds is 3. The van der Waals surface area contributed by atoms with Gasteiger partial charge in [0, 0.05) is 24.3 Å². The van der Waals surface area contributed by atoms with Crippen LogP contribution in [0, 0.1) is 0 Å². The van der Waals surface area contributed by atoms with Crippen molar-refractivity contribution in [1.29, 1.82) is 0 Å². The first-order valence-electron chi connectivity index (χ1n) is 6.48. The van der Waals surface area contributed by atoms with Gasteiger partial charge in [-0.3, -0.25) is 4.68 Å². The molecule has 96 valence electrons. The van der Waals surface area contributed by atoms with Gasteiger partial charge in [-0.05, 0) is 26.9 Å². The molecule has 0 aromatic carbocycles. The van der Waals surface area contributed by atoms with Gasteiger partial charge in [-0.25, -0.2) is 0 Å². The molecule has 0 radical (unpaired) electrons. The number of nitrogens with two attached hydrogens (primary N) is 1. The Hall–Kier alpha value is -0.870. The summed E-state index contributed by atoms with van der Waals surface area (Å²) in [4.78, 5) is 2.32. The first kappa shape index (κ1) is 12.6. The van der Waals surface area contributed by atoms with Crippen molar-refractivity contribution >= 4 is 0 Å². The Morgan fingerprint density at radius 1 is 1.35 bits per heavy atom. The second-order valence-corrected chi connectivity index (χ2v) is 5.48. The Balaban J connectivity index is 2.26. The summed E-state index contributed by atoms with van der Waals surface area (Å²) >= 11 is 0. The van der Waals surface area contributed by atoms with Crippen LogP contribution in [0.2, 0.25) is 0 Å². The fraction of sp³-hybridized carbons (Fsp3) is 0.769. The van der Waals surface area contributed by atoms with Gasteiger partial charge in [0.1, 0.15) is 0 Å². The molecule has 1 aromatic rings. The number of hydrogen-bond acceptors (Lipinski definition) is 3. The van der Waals surface area contributed by atoms with Crippen molar-refractivity contribution < 1.29 is 0 Å². The summed E-state index contributed by atoms with van der Waals surface area (Å²) in [5, 5.41) is 4.24. The lowest BCUT2D eigenvalue weighted by molar-refractivity contribution is 0.0713. The van der Waals surface area contributed by atoms with Crippen molar-refractivity contribution in [2.75, 3.05) is 14.1 Å². The minimum atomic E-state index is 0.0616. The zero-order chi connectivity index (χ0) is 12.5. The highest BCUT2D eigenvalue weighted by atomic mass is 15.2. The van der Waals surface area contributed by atoms with Gasteiger partial charge in [0.25, 0.3) is 0 Å². The van der Waals surface area contributed by atoms with Gasteiger partial charge in [0.15, 0.2) is 0 Å². The second-order valence-electron chi connectivity index (χ2n) is 5.48. The van der Waals surface area contributed by atoms with Crippen molar-refractivity contribution in [3.63, 3.8) is 0 Å². The van der Waals surface area contributed by atoms with E-state index in [4.69, 9.17) is 5.73 Å². The largest absolute Gasteiger partial charge is 0.322 e. The third-order valence-corrected chi connectivity index (χ3v) is 4.27. The van der Waals surface area contributed by atoms with Crippen LogP contribution in [0.5, 0.6) is 0 Å². The van der Waals surface area contributed by atoms with Crippen molar-refractivity contribution in [1.82, 2.24) is 14.7 Å². The Labute approximate surface area is 104 Å². The number of aryl methyl sites for hydroxylation is 1. The first-order chi connectivity index (χ1) is 8.06. The molecule has 17 heavy (non-hydrogen) atoms. The van der Waals surface area contributed by atoms with Crippen LogP contribution < -0.4 is 5.73 Å². The molecule has 2 N–H and O–H groups in total. The fourth-order valence-corrected chi connectivity index (χ4v) is 3.11. The predicted molar refractivity (Wildman–Crippen MR) is 69.6 cm³/mol. The van der Waals surface area contributed by atoms with Gasteiger partial charge in [-0.2, -0.15) is 5.10 Å². The third-order valence-electron chi connectivity index (χ3n) is 4.27. The molecular formula is C13H24N4. The summed E-state index contributed by atoms with van der Waals surface area (Å²) < 4.78 is 1.83. The minimum Gasteiger partial charge on any atom is -0.322 e. The average Bonchev–Trinajstić information content (AvgIpc) is 2.75. The van der Waals surface area contributed by atoms with E-state index < -0.39 is 0 Å². The number of aromatic nitrogens is 2. The highest BCUT2D eigenvalue weighted by Crippen LogP contribution is 2.40. The average molecular weight is 236 g/mol. The van der Waals surface area contributed by atoms with Crippen LogP contribution in [0.3, 0.4) is 0 Å². The zero-order valence-electron chi connectivity index (χ0n) is 11.2. The maximum absolute atomic E-state index is 6.52. The lowest BCUT2D eigenvalue weighted by atomic mass is 9.74. The van der Waals surface area contributed by atoms with E-state index in [0.717, 1.165) is 5.56 Å². The minimum absolute atomic E-state index is 0.0616. The number of nitrogens with zero attached hydrogens (tertiary/aromatic N) is 3. The number of likely N-dealkylation sites (N-methyl/N-ethyl adjacent to an activating group) is 1. The molecule has 1 aliphatic rings. The molecule has 0 amide bonds. The summed E-state index contributed by atoms with van der Waals surface area (Å²) in [5.41, 5.74) is 7.79. The van der Waals surface area contributed by atoms with E-state index in [1.807, 2.05) is 24.1 Å². The van der Waals surface area contributed by atoms with E-state index in [0.29, 0.717) is 0 Å². The molecule has 2 rings (SSSR count). The topological polar surface area (TPSA) is 47.1 Å². The van der Waals surface area contributed by atoms with Crippen LogP contribution in [-0.4, -0.2) is 34.3 Å². The highest BCUT2D eigenvalue weighted by Gasteiger charge is 2.40. The molecule has 0 aliphatic heterocycles. The zero-order valence-corrected chi connectivity index (χ0v) is 11.2. The lowest BCUT2D eigenvalue weighted by Crippen LogP contribution is -2.53. The van der Waals surface area contributed by atoms with Crippen LogP contribution in [0.25, 0.3) is 0 Å². The molecule has 4 nitrogen and oxygen atoms in total. The standard InChI is InChI=1S/C13H24N4/c1-16(2)13(7-5-4-6-8-13)12(14)11-9-15-17(3)10-11/h9-10,12H,4-8,14H2,1-3H3. The summed E-state index contributed by atoms with van der Waals surface area (Å²) in [6.07, 6.45) is 10.2. The summed E-state index contributed by atoms with van der Waals surface area (Å²) in [6.45, 7) is 0. The molecule has 1 atom stereocenters. The van der Waals surface area contributed by atoms with E-state index >= 15 is 0 Å². The molecule has 1 fully saturated rings. The quantitative estimate of drug-likeness (QED) is 0.868. The van der Waals surface area contributed by atoms with Crippen molar-refractivity contribution in [2.24, 2.45) is 12.8 Å².